The largest absolute Gasteiger partial charge is 0.484 e. The van der Waals surface area contributed by atoms with Gasteiger partial charge in [0.2, 0.25) is 5.91 Å². The molecule has 0 bridgehead atoms. The number of nitrogens with zero attached hydrogens (tertiary/aromatic N) is 1. The van der Waals surface area contributed by atoms with Gasteiger partial charge < -0.3 is 15.0 Å². The molecule has 1 atom stereocenters. The van der Waals surface area contributed by atoms with Crippen LogP contribution in [0.15, 0.2) is 46.9 Å². The number of carbonyl (C=O) groups excluding carboxylic acids is 2. The fraction of sp³-hybridized carbons (Fsp3) is 0.364. The average Bonchev–Trinajstić information content (AvgIpc) is 2.68. The predicted molar refractivity (Wildman–Crippen MR) is 114 cm³/mol. The minimum Gasteiger partial charge on any atom is -0.484 e. The van der Waals surface area contributed by atoms with E-state index in [9.17, 15) is 9.59 Å². The molecule has 0 aliphatic carbocycles. The van der Waals surface area contributed by atoms with E-state index in [1.807, 2.05) is 63.2 Å². The summed E-state index contributed by atoms with van der Waals surface area (Å²) in [6.45, 7) is 8.30. The first-order chi connectivity index (χ1) is 13.3. The van der Waals surface area contributed by atoms with Gasteiger partial charge in [-0.2, -0.15) is 0 Å². The van der Waals surface area contributed by atoms with Crippen LogP contribution in [0, 0.1) is 13.8 Å². The third kappa shape index (κ3) is 6.09. The van der Waals surface area contributed by atoms with Gasteiger partial charge in [0.25, 0.3) is 5.91 Å². The quantitative estimate of drug-likeness (QED) is 0.666. The van der Waals surface area contributed by atoms with Gasteiger partial charge in [0.05, 0.1) is 0 Å². The first kappa shape index (κ1) is 22.0. The van der Waals surface area contributed by atoms with Crippen LogP contribution in [0.25, 0.3) is 0 Å². The Morgan fingerprint density at radius 2 is 1.82 bits per heavy atom. The zero-order chi connectivity index (χ0) is 20.7. The number of halogens is 1. The summed E-state index contributed by atoms with van der Waals surface area (Å²) in [6.07, 6.45) is 0. The molecule has 0 radical (unpaired) electrons. The molecule has 0 spiro atoms. The topological polar surface area (TPSA) is 58.6 Å². The molecule has 0 unspecified atom stereocenters. The third-order valence-electron chi connectivity index (χ3n) is 4.48. The molecule has 0 saturated heterocycles. The molecule has 150 valence electrons. The first-order valence-corrected chi connectivity index (χ1v) is 10.1. The van der Waals surface area contributed by atoms with Crippen molar-refractivity contribution < 1.29 is 14.3 Å². The van der Waals surface area contributed by atoms with Gasteiger partial charge in [0, 0.05) is 17.6 Å². The van der Waals surface area contributed by atoms with Gasteiger partial charge in [-0.15, -0.1) is 0 Å². The zero-order valence-corrected chi connectivity index (χ0v) is 18.4. The number of likely N-dealkylation sites (N-methyl/N-ethyl adjacent to an activating group) is 1. The van der Waals surface area contributed by atoms with E-state index in [2.05, 4.69) is 21.2 Å². The van der Waals surface area contributed by atoms with Crippen LogP contribution in [0.1, 0.15) is 30.5 Å². The highest BCUT2D eigenvalue weighted by Gasteiger charge is 2.26. The van der Waals surface area contributed by atoms with Crippen LogP contribution in [0.4, 0.5) is 0 Å². The van der Waals surface area contributed by atoms with Gasteiger partial charge in [-0.25, -0.2) is 0 Å². The minimum atomic E-state index is -0.594. The second-order valence-electron chi connectivity index (χ2n) is 6.78. The molecule has 28 heavy (non-hydrogen) atoms. The number of aryl methyl sites for hydroxylation is 2. The maximum absolute atomic E-state index is 12.9. The number of carbonyl (C=O) groups is 2. The number of amides is 2. The van der Waals surface area contributed by atoms with Crippen molar-refractivity contribution in [2.24, 2.45) is 0 Å². The Hall–Kier alpha value is -2.34. The monoisotopic (exact) mass is 446 g/mol. The molecular weight excluding hydrogens is 420 g/mol. The fourth-order valence-corrected chi connectivity index (χ4v) is 2.98. The number of nitrogens with one attached hydrogen (secondary N) is 1. The molecule has 0 saturated carbocycles. The van der Waals surface area contributed by atoms with Crippen molar-refractivity contribution >= 4 is 27.7 Å². The smallest absolute Gasteiger partial charge is 0.261 e. The molecule has 0 fully saturated rings. The van der Waals surface area contributed by atoms with E-state index in [1.165, 1.54) is 0 Å². The predicted octanol–water partition coefficient (Wildman–Crippen LogP) is 4.00. The van der Waals surface area contributed by atoms with Crippen molar-refractivity contribution in [3.8, 4) is 5.75 Å². The Morgan fingerprint density at radius 3 is 2.43 bits per heavy atom. The van der Waals surface area contributed by atoms with E-state index in [4.69, 9.17) is 4.74 Å². The Kier molecular flexibility index (Phi) is 8.05. The molecule has 2 aromatic rings. The molecule has 0 heterocycles. The van der Waals surface area contributed by atoms with E-state index >= 15 is 0 Å². The lowest BCUT2D eigenvalue weighted by Gasteiger charge is -2.28. The number of hydrogen-bond acceptors (Lipinski definition) is 3. The molecule has 5 nitrogen and oxygen atoms in total. The van der Waals surface area contributed by atoms with Crippen molar-refractivity contribution in [2.45, 2.75) is 40.3 Å². The van der Waals surface area contributed by atoms with Crippen LogP contribution in [0.5, 0.6) is 5.75 Å². The van der Waals surface area contributed by atoms with Crippen molar-refractivity contribution in [1.29, 1.82) is 0 Å². The van der Waals surface area contributed by atoms with E-state index < -0.39 is 6.04 Å². The summed E-state index contributed by atoms with van der Waals surface area (Å²) in [6, 6.07) is 12.9. The normalized spacial score (nSPS) is 11.6. The summed E-state index contributed by atoms with van der Waals surface area (Å²) < 4.78 is 6.67. The lowest BCUT2D eigenvalue weighted by Crippen LogP contribution is -2.49. The van der Waals surface area contributed by atoms with Crippen molar-refractivity contribution in [1.82, 2.24) is 10.2 Å². The Bertz CT molecular complexity index is 821. The number of benzene rings is 2. The molecule has 2 aromatic carbocycles. The molecule has 1 N–H and O–H groups in total. The van der Waals surface area contributed by atoms with Gasteiger partial charge in [-0.3, -0.25) is 9.59 Å². The van der Waals surface area contributed by atoms with Gasteiger partial charge in [-0.1, -0.05) is 45.8 Å². The van der Waals surface area contributed by atoms with Gasteiger partial charge in [-0.05, 0) is 57.0 Å². The summed E-state index contributed by atoms with van der Waals surface area (Å²) >= 11 is 3.45. The number of rotatable bonds is 8. The summed E-state index contributed by atoms with van der Waals surface area (Å²) in [7, 11) is 0. The summed E-state index contributed by atoms with van der Waals surface area (Å²) in [5, 5.41) is 2.78. The number of hydrogen-bond donors (Lipinski definition) is 1. The first-order valence-electron chi connectivity index (χ1n) is 9.33. The van der Waals surface area contributed by atoms with Crippen LogP contribution < -0.4 is 10.1 Å². The van der Waals surface area contributed by atoms with Crippen molar-refractivity contribution in [2.75, 3.05) is 13.2 Å². The molecular formula is C22H27BrN2O3. The SMILES string of the molecule is CCNC(=O)[C@H](C)N(Cc1ccc(C)cc1)C(=O)COc1ccc(Br)c(C)c1. The Morgan fingerprint density at radius 1 is 1.14 bits per heavy atom. The van der Waals surface area contributed by atoms with Crippen molar-refractivity contribution in [3.63, 3.8) is 0 Å². The second-order valence-corrected chi connectivity index (χ2v) is 7.63. The van der Waals surface area contributed by atoms with Crippen LogP contribution in [-0.2, 0) is 16.1 Å². The summed E-state index contributed by atoms with van der Waals surface area (Å²) in [4.78, 5) is 26.8. The van der Waals surface area contributed by atoms with E-state index in [-0.39, 0.29) is 18.4 Å². The average molecular weight is 447 g/mol. The van der Waals surface area contributed by atoms with Crippen LogP contribution in [0.3, 0.4) is 0 Å². The standard InChI is InChI=1S/C22H27BrN2O3/c1-5-24-22(27)17(4)25(13-18-8-6-15(2)7-9-18)21(26)14-28-19-10-11-20(23)16(3)12-19/h6-12,17H,5,13-14H2,1-4H3,(H,24,27)/t17-/m0/s1. The molecule has 0 aromatic heterocycles. The van der Waals surface area contributed by atoms with E-state index in [0.29, 0.717) is 18.8 Å². The second kappa shape index (κ2) is 10.3. The lowest BCUT2D eigenvalue weighted by atomic mass is 10.1. The Balaban J connectivity index is 2.13. The summed E-state index contributed by atoms with van der Waals surface area (Å²) in [5.41, 5.74) is 3.14. The van der Waals surface area contributed by atoms with E-state index in [1.54, 1.807) is 11.8 Å². The molecule has 0 aliphatic rings. The van der Waals surface area contributed by atoms with Crippen LogP contribution in [-0.4, -0.2) is 35.9 Å². The highest BCUT2D eigenvalue weighted by Crippen LogP contribution is 2.21. The minimum absolute atomic E-state index is 0.128. The molecule has 2 rings (SSSR count). The fourth-order valence-electron chi connectivity index (χ4n) is 2.73. The van der Waals surface area contributed by atoms with Gasteiger partial charge in [0.1, 0.15) is 11.8 Å². The summed E-state index contributed by atoms with van der Waals surface area (Å²) in [5.74, 6) is 0.206. The number of ether oxygens (including phenoxy) is 1. The van der Waals surface area contributed by atoms with Gasteiger partial charge >= 0.3 is 0 Å². The Labute approximate surface area is 175 Å². The molecule has 2 amide bonds. The highest BCUT2D eigenvalue weighted by molar-refractivity contribution is 9.10. The van der Waals surface area contributed by atoms with Crippen LogP contribution >= 0.6 is 15.9 Å². The van der Waals surface area contributed by atoms with E-state index in [0.717, 1.165) is 21.2 Å². The maximum Gasteiger partial charge on any atom is 0.261 e. The molecule has 0 aliphatic heterocycles. The van der Waals surface area contributed by atoms with Crippen LogP contribution in [0.2, 0.25) is 0 Å². The molecule has 6 heteroatoms. The van der Waals surface area contributed by atoms with Crippen molar-refractivity contribution in [3.05, 3.63) is 63.6 Å². The maximum atomic E-state index is 12.9. The third-order valence-corrected chi connectivity index (χ3v) is 5.37. The highest BCUT2D eigenvalue weighted by atomic mass is 79.9. The lowest BCUT2D eigenvalue weighted by molar-refractivity contribution is -0.142. The van der Waals surface area contributed by atoms with Gasteiger partial charge in [0.15, 0.2) is 6.61 Å². The zero-order valence-electron chi connectivity index (χ0n) is 16.8.